The predicted molar refractivity (Wildman–Crippen MR) is 75.0 cm³/mol. The van der Waals surface area contributed by atoms with E-state index >= 15 is 0 Å². The van der Waals surface area contributed by atoms with Gasteiger partial charge >= 0.3 is 5.97 Å². The Morgan fingerprint density at radius 2 is 1.89 bits per heavy atom. The van der Waals surface area contributed by atoms with E-state index in [1.165, 1.54) is 32.1 Å². The predicted octanol–water partition coefficient (Wildman–Crippen LogP) is 3.34. The van der Waals surface area contributed by atoms with Gasteiger partial charge < -0.3 is 10.2 Å². The number of aliphatic hydroxyl groups excluding tert-OH is 1. The van der Waals surface area contributed by atoms with Crippen molar-refractivity contribution >= 4 is 11.5 Å². The maximum atomic E-state index is 11.0. The van der Waals surface area contributed by atoms with Gasteiger partial charge in [0.2, 0.25) is 0 Å². The SMILES string of the molecule is O=C(O)c1cccc(/C(=C\C2CCCCC2)CO)c1. The molecule has 1 aliphatic rings. The highest BCUT2D eigenvalue weighted by atomic mass is 16.4. The lowest BCUT2D eigenvalue weighted by Crippen LogP contribution is -2.05. The van der Waals surface area contributed by atoms with Crippen LogP contribution in [0.2, 0.25) is 0 Å². The minimum absolute atomic E-state index is 0.0421. The Morgan fingerprint density at radius 3 is 2.53 bits per heavy atom. The van der Waals surface area contributed by atoms with Crippen molar-refractivity contribution in [3.8, 4) is 0 Å². The number of hydrogen-bond donors (Lipinski definition) is 2. The highest BCUT2D eigenvalue weighted by Crippen LogP contribution is 2.28. The van der Waals surface area contributed by atoms with Gasteiger partial charge in [-0.15, -0.1) is 0 Å². The van der Waals surface area contributed by atoms with Crippen molar-refractivity contribution in [1.82, 2.24) is 0 Å². The Balaban J connectivity index is 2.22. The van der Waals surface area contributed by atoms with Crippen LogP contribution in [0, 0.1) is 5.92 Å². The van der Waals surface area contributed by atoms with Crippen LogP contribution < -0.4 is 0 Å². The molecule has 2 N–H and O–H groups in total. The third-order valence-corrected chi connectivity index (χ3v) is 3.74. The van der Waals surface area contributed by atoms with Gasteiger partial charge in [-0.1, -0.05) is 37.5 Å². The summed E-state index contributed by atoms with van der Waals surface area (Å²) in [5.74, 6) is -0.416. The Labute approximate surface area is 113 Å². The fourth-order valence-corrected chi connectivity index (χ4v) is 2.68. The van der Waals surface area contributed by atoms with Crippen molar-refractivity contribution in [3.05, 3.63) is 41.5 Å². The van der Waals surface area contributed by atoms with Gasteiger partial charge in [0.05, 0.1) is 12.2 Å². The molecular weight excluding hydrogens is 240 g/mol. The first-order valence-corrected chi connectivity index (χ1v) is 6.86. The summed E-state index contributed by atoms with van der Waals surface area (Å²) in [5, 5.41) is 18.5. The zero-order valence-corrected chi connectivity index (χ0v) is 11.0. The number of rotatable bonds is 4. The Morgan fingerprint density at radius 1 is 1.21 bits per heavy atom. The molecule has 0 bridgehead atoms. The summed E-state index contributed by atoms with van der Waals surface area (Å²) in [4.78, 5) is 11.0. The molecule has 0 aliphatic heterocycles. The molecule has 0 aromatic heterocycles. The molecule has 0 unspecified atom stereocenters. The third-order valence-electron chi connectivity index (χ3n) is 3.74. The molecule has 102 valence electrons. The van der Waals surface area contributed by atoms with Crippen molar-refractivity contribution in [2.24, 2.45) is 5.92 Å². The first-order chi connectivity index (χ1) is 9.20. The smallest absolute Gasteiger partial charge is 0.335 e. The van der Waals surface area contributed by atoms with E-state index in [-0.39, 0.29) is 12.2 Å². The van der Waals surface area contributed by atoms with Crippen molar-refractivity contribution in [2.45, 2.75) is 32.1 Å². The van der Waals surface area contributed by atoms with E-state index in [1.54, 1.807) is 18.2 Å². The fourth-order valence-electron chi connectivity index (χ4n) is 2.68. The maximum Gasteiger partial charge on any atom is 0.335 e. The number of allylic oxidation sites excluding steroid dienone is 1. The van der Waals surface area contributed by atoms with E-state index in [1.807, 2.05) is 6.07 Å². The molecule has 1 aliphatic carbocycles. The van der Waals surface area contributed by atoms with E-state index in [2.05, 4.69) is 6.08 Å². The minimum Gasteiger partial charge on any atom is -0.478 e. The highest BCUT2D eigenvalue weighted by molar-refractivity contribution is 5.89. The topological polar surface area (TPSA) is 57.5 Å². The number of aromatic carboxylic acids is 1. The lowest BCUT2D eigenvalue weighted by Gasteiger charge is -2.19. The van der Waals surface area contributed by atoms with Crippen LogP contribution in [0.5, 0.6) is 0 Å². The lowest BCUT2D eigenvalue weighted by atomic mass is 9.87. The normalized spacial score (nSPS) is 17.4. The Kier molecular flexibility index (Phi) is 4.74. The van der Waals surface area contributed by atoms with Gasteiger partial charge in [0, 0.05) is 0 Å². The van der Waals surface area contributed by atoms with Crippen molar-refractivity contribution in [3.63, 3.8) is 0 Å². The molecule has 1 aromatic rings. The summed E-state index contributed by atoms with van der Waals surface area (Å²) >= 11 is 0. The van der Waals surface area contributed by atoms with Crippen LogP contribution >= 0.6 is 0 Å². The first-order valence-electron chi connectivity index (χ1n) is 6.86. The largest absolute Gasteiger partial charge is 0.478 e. The van der Waals surface area contributed by atoms with E-state index < -0.39 is 5.97 Å². The van der Waals surface area contributed by atoms with E-state index in [0.29, 0.717) is 5.92 Å². The molecule has 2 rings (SSSR count). The second-order valence-corrected chi connectivity index (χ2v) is 5.13. The number of carboxylic acids is 1. The summed E-state index contributed by atoms with van der Waals surface area (Å²) in [7, 11) is 0. The van der Waals surface area contributed by atoms with Crippen LogP contribution in [0.25, 0.3) is 5.57 Å². The van der Waals surface area contributed by atoms with E-state index in [9.17, 15) is 9.90 Å². The standard InChI is InChI=1S/C16H20O3/c17-11-15(9-12-5-2-1-3-6-12)13-7-4-8-14(10-13)16(18)19/h4,7-10,12,17H,1-3,5-6,11H2,(H,18,19)/b15-9-. The molecule has 1 aromatic carbocycles. The first kappa shape index (κ1) is 13.8. The van der Waals surface area contributed by atoms with Crippen LogP contribution in [-0.2, 0) is 0 Å². The average Bonchev–Trinajstić information content (AvgIpc) is 2.46. The number of aliphatic hydroxyl groups is 1. The monoisotopic (exact) mass is 260 g/mol. The van der Waals surface area contributed by atoms with Crippen molar-refractivity contribution in [1.29, 1.82) is 0 Å². The maximum absolute atomic E-state index is 11.0. The molecule has 3 heteroatoms. The fraction of sp³-hybridized carbons (Fsp3) is 0.438. The summed E-state index contributed by atoms with van der Waals surface area (Å²) in [6.45, 7) is -0.0421. The molecular formula is C16H20O3. The lowest BCUT2D eigenvalue weighted by molar-refractivity contribution is 0.0697. The molecule has 0 spiro atoms. The summed E-state index contributed by atoms with van der Waals surface area (Å²) in [6, 6.07) is 6.79. The molecule has 0 saturated heterocycles. The average molecular weight is 260 g/mol. The van der Waals surface area contributed by atoms with Gasteiger partial charge in [-0.25, -0.2) is 4.79 Å². The van der Waals surface area contributed by atoms with Gasteiger partial charge in [0.15, 0.2) is 0 Å². The third kappa shape index (κ3) is 3.67. The molecule has 0 amide bonds. The van der Waals surface area contributed by atoms with Gasteiger partial charge in [-0.05, 0) is 42.0 Å². The van der Waals surface area contributed by atoms with Crippen LogP contribution in [0.3, 0.4) is 0 Å². The molecule has 1 saturated carbocycles. The molecule has 0 heterocycles. The molecule has 19 heavy (non-hydrogen) atoms. The van der Waals surface area contributed by atoms with Gasteiger partial charge in [0.1, 0.15) is 0 Å². The van der Waals surface area contributed by atoms with Gasteiger partial charge in [0.25, 0.3) is 0 Å². The van der Waals surface area contributed by atoms with Crippen LogP contribution in [0.15, 0.2) is 30.3 Å². The molecule has 0 atom stereocenters. The minimum atomic E-state index is -0.934. The van der Waals surface area contributed by atoms with Gasteiger partial charge in [-0.2, -0.15) is 0 Å². The Hall–Kier alpha value is -1.61. The van der Waals surface area contributed by atoms with Crippen LogP contribution in [0.1, 0.15) is 48.0 Å². The quantitative estimate of drug-likeness (QED) is 0.873. The zero-order chi connectivity index (χ0) is 13.7. The number of carboxylic acid groups (broad SMARTS) is 1. The number of benzene rings is 1. The molecule has 1 fully saturated rings. The van der Waals surface area contributed by atoms with Crippen molar-refractivity contribution in [2.75, 3.05) is 6.61 Å². The highest BCUT2D eigenvalue weighted by Gasteiger charge is 2.13. The van der Waals surface area contributed by atoms with E-state index in [4.69, 9.17) is 5.11 Å². The van der Waals surface area contributed by atoms with Gasteiger partial charge in [-0.3, -0.25) is 0 Å². The number of carbonyl (C=O) groups is 1. The van der Waals surface area contributed by atoms with E-state index in [0.717, 1.165) is 11.1 Å². The van der Waals surface area contributed by atoms with Crippen LogP contribution in [-0.4, -0.2) is 22.8 Å². The molecule has 3 nitrogen and oxygen atoms in total. The van der Waals surface area contributed by atoms with Crippen LogP contribution in [0.4, 0.5) is 0 Å². The second-order valence-electron chi connectivity index (χ2n) is 5.13. The second kappa shape index (κ2) is 6.53. The summed E-state index contributed by atoms with van der Waals surface area (Å²) in [6.07, 6.45) is 8.25. The summed E-state index contributed by atoms with van der Waals surface area (Å²) in [5.41, 5.74) is 1.92. The molecule has 0 radical (unpaired) electrons. The zero-order valence-electron chi connectivity index (χ0n) is 11.0. The summed E-state index contributed by atoms with van der Waals surface area (Å²) < 4.78 is 0. The Bertz CT molecular complexity index is 471. The van der Waals surface area contributed by atoms with Crippen molar-refractivity contribution < 1.29 is 15.0 Å². The number of hydrogen-bond acceptors (Lipinski definition) is 2.